The van der Waals surface area contributed by atoms with Crippen LogP contribution >= 0.6 is 11.3 Å². The summed E-state index contributed by atoms with van der Waals surface area (Å²) >= 11 is 1.21. The maximum atomic E-state index is 13.1. The molecule has 1 unspecified atom stereocenters. The lowest BCUT2D eigenvalue weighted by atomic mass is 9.96. The van der Waals surface area contributed by atoms with Crippen LogP contribution in [0, 0.1) is 0 Å². The number of pyridine rings is 1. The molecule has 1 aliphatic rings. The fourth-order valence-electron chi connectivity index (χ4n) is 3.28. The average molecular weight is 394 g/mol. The minimum atomic E-state index is -0.578. The molecule has 3 aromatic rings. The molecule has 4 rings (SSSR count). The molecule has 3 amide bonds. The Balaban J connectivity index is 1.76. The molecule has 0 bridgehead atoms. The van der Waals surface area contributed by atoms with Crippen LogP contribution < -0.4 is 16.8 Å². The number of carbonyl (C=O) groups is 2. The highest BCUT2D eigenvalue weighted by Gasteiger charge is 2.36. The largest absolute Gasteiger partial charge is 0.398 e. The van der Waals surface area contributed by atoms with Crippen LogP contribution in [0.4, 0.5) is 16.2 Å². The van der Waals surface area contributed by atoms with Crippen LogP contribution in [0.1, 0.15) is 32.0 Å². The van der Waals surface area contributed by atoms with E-state index in [2.05, 4.69) is 15.3 Å². The van der Waals surface area contributed by atoms with Gasteiger partial charge in [0.1, 0.15) is 0 Å². The molecule has 0 spiro atoms. The number of nitrogen functional groups attached to an aromatic ring is 1. The van der Waals surface area contributed by atoms with E-state index in [4.69, 9.17) is 11.5 Å². The quantitative estimate of drug-likeness (QED) is 0.588. The molecule has 9 heteroatoms. The third kappa shape index (κ3) is 3.27. The molecule has 1 aliphatic heterocycles. The topological polar surface area (TPSA) is 127 Å². The van der Waals surface area contributed by atoms with E-state index < -0.39 is 11.9 Å². The van der Waals surface area contributed by atoms with Gasteiger partial charge in [0.2, 0.25) is 0 Å². The van der Waals surface area contributed by atoms with Crippen molar-refractivity contribution >= 4 is 34.6 Å². The van der Waals surface area contributed by atoms with E-state index in [0.29, 0.717) is 24.3 Å². The fraction of sp³-hybridized carbons (Fsp3) is 0.158. The number of hydrogen-bond donors (Lipinski definition) is 3. The monoisotopic (exact) mass is 394 g/mol. The van der Waals surface area contributed by atoms with Crippen LogP contribution in [0.3, 0.4) is 0 Å². The Bertz CT molecular complexity index is 1040. The van der Waals surface area contributed by atoms with E-state index >= 15 is 0 Å². The number of anilines is 2. The maximum Gasteiger partial charge on any atom is 0.322 e. The van der Waals surface area contributed by atoms with E-state index in [1.807, 2.05) is 18.2 Å². The first-order valence-corrected chi connectivity index (χ1v) is 9.47. The second kappa shape index (κ2) is 7.28. The minimum absolute atomic E-state index is 0.235. The van der Waals surface area contributed by atoms with Gasteiger partial charge in [-0.1, -0.05) is 18.2 Å². The molecule has 1 aromatic carbocycles. The van der Waals surface area contributed by atoms with Crippen molar-refractivity contribution in [3.05, 3.63) is 69.9 Å². The molecule has 0 saturated carbocycles. The summed E-state index contributed by atoms with van der Waals surface area (Å²) in [4.78, 5) is 35.6. The normalized spacial score (nSPS) is 15.7. The molecule has 3 heterocycles. The first-order valence-electron chi connectivity index (χ1n) is 8.66. The number of nitrogens with one attached hydrogen (secondary N) is 1. The van der Waals surface area contributed by atoms with Gasteiger partial charge in [-0.05, 0) is 18.2 Å². The first kappa shape index (κ1) is 17.9. The van der Waals surface area contributed by atoms with Gasteiger partial charge < -0.3 is 21.7 Å². The van der Waals surface area contributed by atoms with E-state index in [9.17, 15) is 9.59 Å². The summed E-state index contributed by atoms with van der Waals surface area (Å²) in [6, 6.07) is 10.2. The number of primary amides is 1. The number of thiazole rings is 1. The number of fused-ring (bicyclic) bond motifs is 1. The molecule has 0 fully saturated rings. The Morgan fingerprint density at radius 1 is 1.21 bits per heavy atom. The van der Waals surface area contributed by atoms with Gasteiger partial charge in [0, 0.05) is 30.4 Å². The Kier molecular flexibility index (Phi) is 4.66. The maximum absolute atomic E-state index is 13.1. The van der Waals surface area contributed by atoms with Gasteiger partial charge in [-0.2, -0.15) is 0 Å². The average Bonchev–Trinajstić information content (AvgIpc) is 3.13. The van der Waals surface area contributed by atoms with Gasteiger partial charge in [-0.15, -0.1) is 11.3 Å². The zero-order valence-corrected chi connectivity index (χ0v) is 15.6. The van der Waals surface area contributed by atoms with Gasteiger partial charge >= 0.3 is 6.03 Å². The summed E-state index contributed by atoms with van der Waals surface area (Å²) in [7, 11) is 0. The van der Waals surface area contributed by atoms with Crippen LogP contribution in [-0.2, 0) is 6.42 Å². The summed E-state index contributed by atoms with van der Waals surface area (Å²) < 4.78 is 0. The van der Waals surface area contributed by atoms with Gasteiger partial charge in [0.15, 0.2) is 5.01 Å². The molecule has 8 nitrogen and oxygen atoms in total. The number of aromatic nitrogens is 2. The summed E-state index contributed by atoms with van der Waals surface area (Å²) in [5.74, 6) is -0.578. The van der Waals surface area contributed by atoms with Crippen LogP contribution in [0.2, 0.25) is 0 Å². The molecule has 0 radical (unpaired) electrons. The standard InChI is InChI=1S/C19H18N6O2S/c20-13-6-2-1-5-12(13)15-16-14(24-18(28-16)17(21)26)7-9-25(15)19(27)23-11-4-3-8-22-10-11/h1-6,8,10,15H,7,9,20H2,(H2,21,26)(H,23,27). The molecule has 0 aliphatic carbocycles. The van der Waals surface area contributed by atoms with E-state index in [1.165, 1.54) is 11.3 Å². The van der Waals surface area contributed by atoms with Crippen molar-refractivity contribution in [2.24, 2.45) is 5.73 Å². The number of rotatable bonds is 3. The Hall–Kier alpha value is -3.46. The minimum Gasteiger partial charge on any atom is -0.398 e. The zero-order chi connectivity index (χ0) is 19.7. The van der Waals surface area contributed by atoms with Gasteiger partial charge in [0.25, 0.3) is 5.91 Å². The van der Waals surface area contributed by atoms with Crippen LogP contribution in [-0.4, -0.2) is 33.4 Å². The van der Waals surface area contributed by atoms with Crippen LogP contribution in [0.25, 0.3) is 0 Å². The molecule has 1 atom stereocenters. The van der Waals surface area contributed by atoms with Crippen molar-refractivity contribution in [1.29, 1.82) is 0 Å². The highest BCUT2D eigenvalue weighted by atomic mass is 32.1. The highest BCUT2D eigenvalue weighted by Crippen LogP contribution is 2.40. The lowest BCUT2D eigenvalue weighted by molar-refractivity contribution is 0.0999. The smallest absolute Gasteiger partial charge is 0.322 e. The number of urea groups is 1. The van der Waals surface area contributed by atoms with E-state index in [1.54, 1.807) is 35.5 Å². The van der Waals surface area contributed by atoms with E-state index in [-0.39, 0.29) is 11.0 Å². The van der Waals surface area contributed by atoms with Crippen molar-refractivity contribution in [3.8, 4) is 0 Å². The van der Waals surface area contributed by atoms with Crippen LogP contribution in [0.15, 0.2) is 48.8 Å². The fourth-order valence-corrected chi connectivity index (χ4v) is 4.37. The Morgan fingerprint density at radius 3 is 2.75 bits per heavy atom. The highest BCUT2D eigenvalue weighted by molar-refractivity contribution is 7.13. The third-order valence-electron chi connectivity index (χ3n) is 4.55. The summed E-state index contributed by atoms with van der Waals surface area (Å²) in [6.07, 6.45) is 3.75. The number of para-hydroxylation sites is 1. The van der Waals surface area contributed by atoms with Crippen LogP contribution in [0.5, 0.6) is 0 Å². The second-order valence-corrected chi connectivity index (χ2v) is 7.37. The molecular formula is C19H18N6O2S. The molecular weight excluding hydrogens is 376 g/mol. The lowest BCUT2D eigenvalue weighted by Gasteiger charge is -2.35. The molecule has 5 N–H and O–H groups in total. The molecule has 0 saturated heterocycles. The summed E-state index contributed by atoms with van der Waals surface area (Å²) in [5, 5.41) is 3.10. The zero-order valence-electron chi connectivity index (χ0n) is 14.8. The molecule has 2 aromatic heterocycles. The Morgan fingerprint density at radius 2 is 2.04 bits per heavy atom. The molecule has 28 heavy (non-hydrogen) atoms. The summed E-state index contributed by atoms with van der Waals surface area (Å²) in [5.41, 5.74) is 14.4. The SMILES string of the molecule is NC(=O)c1nc2c(s1)C(c1ccccc1N)N(C(=O)Nc1cccnc1)CC2. The Labute approximate surface area is 165 Å². The lowest BCUT2D eigenvalue weighted by Crippen LogP contribution is -2.42. The van der Waals surface area contributed by atoms with Gasteiger partial charge in [-0.3, -0.25) is 9.78 Å². The van der Waals surface area contributed by atoms with E-state index in [0.717, 1.165) is 16.1 Å². The van der Waals surface area contributed by atoms with Crippen molar-refractivity contribution in [3.63, 3.8) is 0 Å². The van der Waals surface area contributed by atoms with Crippen molar-refractivity contribution in [2.75, 3.05) is 17.6 Å². The number of hydrogen-bond acceptors (Lipinski definition) is 6. The number of benzene rings is 1. The third-order valence-corrected chi connectivity index (χ3v) is 5.72. The van der Waals surface area contributed by atoms with Gasteiger partial charge in [0.05, 0.1) is 28.5 Å². The summed E-state index contributed by atoms with van der Waals surface area (Å²) in [6.45, 7) is 0.431. The van der Waals surface area contributed by atoms with Gasteiger partial charge in [-0.25, -0.2) is 9.78 Å². The van der Waals surface area contributed by atoms with Crippen molar-refractivity contribution < 1.29 is 9.59 Å². The number of nitrogens with zero attached hydrogens (tertiary/aromatic N) is 3. The number of nitrogens with two attached hydrogens (primary N) is 2. The predicted octanol–water partition coefficient (Wildman–Crippen LogP) is 2.40. The van der Waals surface area contributed by atoms with Crippen molar-refractivity contribution in [1.82, 2.24) is 14.9 Å². The number of carbonyl (C=O) groups excluding carboxylic acids is 2. The predicted molar refractivity (Wildman–Crippen MR) is 107 cm³/mol. The second-order valence-electron chi connectivity index (χ2n) is 6.34. The number of amides is 3. The molecule has 142 valence electrons. The van der Waals surface area contributed by atoms with Crippen molar-refractivity contribution in [2.45, 2.75) is 12.5 Å². The first-order chi connectivity index (χ1) is 13.5.